The van der Waals surface area contributed by atoms with Crippen molar-refractivity contribution >= 4 is 23.8 Å². The molecule has 0 saturated heterocycles. The van der Waals surface area contributed by atoms with Crippen LogP contribution in [0.4, 0.5) is 13.2 Å². The molecule has 0 saturated carbocycles. The lowest BCUT2D eigenvalue weighted by atomic mass is 10.2. The maximum absolute atomic E-state index is 11.5. The fraction of sp³-hybridized carbons (Fsp3) is 0.636. The average Bonchev–Trinajstić information content (AvgIpc) is 2.55. The number of halogens is 3. The number of nitrogens with two attached hydrogens (primary N) is 1. The van der Waals surface area contributed by atoms with Crippen LogP contribution in [-0.4, -0.2) is 93.4 Å². The molecule has 3 atom stereocenters. The first-order valence-electron chi connectivity index (χ1n) is 6.53. The van der Waals surface area contributed by atoms with Gasteiger partial charge < -0.3 is 41.9 Å². The topological polar surface area (TPSA) is 220 Å². The Morgan fingerprint density at radius 2 is 1.23 bits per heavy atom. The Labute approximate surface area is 143 Å². The predicted octanol–water partition coefficient (Wildman–Crippen LogP) is -4.02. The van der Waals surface area contributed by atoms with Crippen LogP contribution in [0.25, 0.3) is 0 Å². The van der Waals surface area contributed by atoms with Crippen LogP contribution in [0, 0.1) is 0 Å². The third kappa shape index (κ3) is 10.4. The Morgan fingerprint density at radius 3 is 1.50 bits per heavy atom. The van der Waals surface area contributed by atoms with Gasteiger partial charge in [-0.25, -0.2) is 9.59 Å². The van der Waals surface area contributed by atoms with Gasteiger partial charge in [-0.2, -0.15) is 13.2 Å². The summed E-state index contributed by atoms with van der Waals surface area (Å²) < 4.78 is 31.7. The zero-order valence-corrected chi connectivity index (χ0v) is 12.9. The summed E-state index contributed by atoms with van der Waals surface area (Å²) in [5.74, 6) is -6.10. The van der Waals surface area contributed by atoms with Crippen molar-refractivity contribution in [3.63, 3.8) is 0 Å². The average molecular weight is 393 g/mol. The molecule has 0 heterocycles. The molecule has 0 unspecified atom stereocenters. The predicted molar refractivity (Wildman–Crippen MR) is 74.4 cm³/mol. The fourth-order valence-electron chi connectivity index (χ4n) is 1.01. The number of aliphatic hydroxyl groups is 3. The van der Waals surface area contributed by atoms with Gasteiger partial charge in [-0.15, -0.1) is 0 Å². The summed E-state index contributed by atoms with van der Waals surface area (Å²) in [6.45, 7) is -2.29. The van der Waals surface area contributed by atoms with Crippen molar-refractivity contribution in [2.24, 2.45) is 5.73 Å². The molecule has 0 aliphatic heterocycles. The summed E-state index contributed by atoms with van der Waals surface area (Å²) in [7, 11) is 0. The molecule has 0 spiro atoms. The first-order valence-corrected chi connectivity index (χ1v) is 6.53. The monoisotopic (exact) mass is 393 g/mol. The number of carboxylic acids is 2. The van der Waals surface area contributed by atoms with E-state index >= 15 is 0 Å². The lowest BCUT2D eigenvalue weighted by Gasteiger charge is -2.20. The highest BCUT2D eigenvalue weighted by Crippen LogP contribution is 2.13. The van der Waals surface area contributed by atoms with Crippen LogP contribution in [0.5, 0.6) is 0 Å². The van der Waals surface area contributed by atoms with Gasteiger partial charge in [0.25, 0.3) is 0 Å². The van der Waals surface area contributed by atoms with E-state index in [1.54, 1.807) is 0 Å². The number of hydrogen-bond acceptors (Lipinski definition) is 8. The number of nitrogens with one attached hydrogen (secondary N) is 2. The summed E-state index contributed by atoms with van der Waals surface area (Å²) >= 11 is 0. The quantitative estimate of drug-likeness (QED) is 0.199. The van der Waals surface area contributed by atoms with Gasteiger partial charge in [0.2, 0.25) is 11.8 Å². The van der Waals surface area contributed by atoms with E-state index in [0.29, 0.717) is 0 Å². The Bertz CT molecular complexity index is 501. The van der Waals surface area contributed by atoms with E-state index in [4.69, 9.17) is 36.1 Å². The summed E-state index contributed by atoms with van der Waals surface area (Å²) in [6.07, 6.45) is -5.08. The molecule has 12 nitrogen and oxygen atoms in total. The Morgan fingerprint density at radius 1 is 0.846 bits per heavy atom. The van der Waals surface area contributed by atoms with Crippen LogP contribution < -0.4 is 16.4 Å². The second kappa shape index (κ2) is 12.0. The van der Waals surface area contributed by atoms with E-state index in [1.807, 2.05) is 10.6 Å². The largest absolute Gasteiger partial charge is 0.490 e. The molecular formula is C11H18F3N3O9. The molecule has 0 aromatic carbocycles. The number of aliphatic carboxylic acids is 2. The molecule has 15 heteroatoms. The first-order chi connectivity index (χ1) is 11.8. The molecule has 0 aliphatic rings. The molecular weight excluding hydrogens is 375 g/mol. The molecule has 2 amide bonds. The van der Waals surface area contributed by atoms with E-state index in [9.17, 15) is 27.6 Å². The standard InChI is InChI=1S/C9H17N3O7.C2HF3O2/c10-4(1-13)7(16)11-5(2-14)8(17)12-6(3-15)9(18)19;3-2(4,5)1(6)7/h4-6,13-15H,1-3,10H2,(H,11,16)(H,12,17)(H,18,19);(H,6,7)/t4-,5-,6-;/m0./s1. The number of hydrogen-bond donors (Lipinski definition) is 8. The molecule has 0 aliphatic carbocycles. The van der Waals surface area contributed by atoms with Gasteiger partial charge in [0.15, 0.2) is 0 Å². The highest BCUT2D eigenvalue weighted by atomic mass is 19.4. The Balaban J connectivity index is 0. The van der Waals surface area contributed by atoms with E-state index < -0.39 is 67.9 Å². The smallest absolute Gasteiger partial charge is 0.480 e. The van der Waals surface area contributed by atoms with Gasteiger partial charge in [-0.1, -0.05) is 0 Å². The van der Waals surface area contributed by atoms with E-state index in [0.717, 1.165) is 0 Å². The summed E-state index contributed by atoms with van der Waals surface area (Å²) in [6, 6.07) is -4.25. The van der Waals surface area contributed by atoms with Gasteiger partial charge in [-0.05, 0) is 0 Å². The second-order valence-corrected chi connectivity index (χ2v) is 4.42. The normalized spacial score (nSPS) is 14.1. The molecule has 0 fully saturated rings. The van der Waals surface area contributed by atoms with Gasteiger partial charge in [0.1, 0.15) is 18.1 Å². The first kappa shape index (κ1) is 25.7. The lowest BCUT2D eigenvalue weighted by Crippen LogP contribution is -2.56. The van der Waals surface area contributed by atoms with Crippen LogP contribution in [0.1, 0.15) is 0 Å². The van der Waals surface area contributed by atoms with E-state index in [2.05, 4.69) is 0 Å². The maximum Gasteiger partial charge on any atom is 0.490 e. The van der Waals surface area contributed by atoms with E-state index in [-0.39, 0.29) is 0 Å². The number of aliphatic hydroxyl groups excluding tert-OH is 3. The van der Waals surface area contributed by atoms with Crippen molar-refractivity contribution in [2.75, 3.05) is 19.8 Å². The van der Waals surface area contributed by atoms with Crippen molar-refractivity contribution in [3.05, 3.63) is 0 Å². The van der Waals surface area contributed by atoms with Gasteiger partial charge in [-0.3, -0.25) is 9.59 Å². The number of carbonyl (C=O) groups excluding carboxylic acids is 2. The summed E-state index contributed by atoms with van der Waals surface area (Å²) in [4.78, 5) is 42.3. The third-order valence-electron chi connectivity index (χ3n) is 2.39. The minimum absolute atomic E-state index is 0.653. The number of alkyl halides is 3. The number of rotatable bonds is 8. The van der Waals surface area contributed by atoms with Crippen molar-refractivity contribution in [1.82, 2.24) is 10.6 Å². The van der Waals surface area contributed by atoms with Gasteiger partial charge in [0.05, 0.1) is 19.8 Å². The van der Waals surface area contributed by atoms with Crippen LogP contribution >= 0.6 is 0 Å². The fourth-order valence-corrected chi connectivity index (χ4v) is 1.01. The third-order valence-corrected chi connectivity index (χ3v) is 2.39. The molecule has 0 aromatic heterocycles. The second-order valence-electron chi connectivity index (χ2n) is 4.42. The van der Waals surface area contributed by atoms with Crippen LogP contribution in [-0.2, 0) is 19.2 Å². The van der Waals surface area contributed by atoms with Gasteiger partial charge >= 0.3 is 18.1 Å². The minimum Gasteiger partial charge on any atom is -0.480 e. The molecule has 26 heavy (non-hydrogen) atoms. The van der Waals surface area contributed by atoms with Crippen LogP contribution in [0.3, 0.4) is 0 Å². The highest BCUT2D eigenvalue weighted by Gasteiger charge is 2.38. The van der Waals surface area contributed by atoms with Crippen LogP contribution in [0.15, 0.2) is 0 Å². The molecule has 0 aromatic rings. The maximum atomic E-state index is 11.5. The number of amides is 2. The summed E-state index contributed by atoms with van der Waals surface area (Å²) in [5, 5.41) is 45.9. The molecule has 0 radical (unpaired) electrons. The van der Waals surface area contributed by atoms with Gasteiger partial charge in [0, 0.05) is 0 Å². The molecule has 0 bridgehead atoms. The highest BCUT2D eigenvalue weighted by molar-refractivity contribution is 5.91. The Hall–Kier alpha value is -2.49. The molecule has 0 rings (SSSR count). The zero-order valence-electron chi connectivity index (χ0n) is 12.9. The van der Waals surface area contributed by atoms with Crippen molar-refractivity contribution < 1.29 is 57.9 Å². The van der Waals surface area contributed by atoms with Crippen LogP contribution in [0.2, 0.25) is 0 Å². The number of carbonyl (C=O) groups is 4. The summed E-state index contributed by atoms with van der Waals surface area (Å²) in [5.41, 5.74) is 5.19. The van der Waals surface area contributed by atoms with E-state index in [1.165, 1.54) is 0 Å². The van der Waals surface area contributed by atoms with Crippen molar-refractivity contribution in [3.8, 4) is 0 Å². The number of carboxylic acid groups (broad SMARTS) is 2. The molecule has 9 N–H and O–H groups in total. The van der Waals surface area contributed by atoms with Crippen molar-refractivity contribution in [2.45, 2.75) is 24.3 Å². The lowest BCUT2D eigenvalue weighted by molar-refractivity contribution is -0.192. The minimum atomic E-state index is -5.08. The Kier molecular flexibility index (Phi) is 11.8. The SMILES string of the molecule is N[C@@H](CO)C(=O)N[C@@H](CO)C(=O)N[C@@H](CO)C(=O)O.O=C(O)C(F)(F)F. The molecule has 152 valence electrons. The zero-order chi connectivity index (χ0) is 21.1. The van der Waals surface area contributed by atoms with Crippen molar-refractivity contribution in [1.29, 1.82) is 0 Å².